The highest BCUT2D eigenvalue weighted by Crippen LogP contribution is 2.19. The Labute approximate surface area is 127 Å². The van der Waals surface area contributed by atoms with E-state index < -0.39 is 0 Å². The van der Waals surface area contributed by atoms with Gasteiger partial charge in [-0.3, -0.25) is 0 Å². The van der Waals surface area contributed by atoms with Crippen LogP contribution >= 0.6 is 0 Å². The van der Waals surface area contributed by atoms with Crippen molar-refractivity contribution in [2.45, 2.75) is 57.9 Å². The number of para-hydroxylation sites is 1. The number of benzene rings is 1. The average Bonchev–Trinajstić information content (AvgIpc) is 2.86. The van der Waals surface area contributed by atoms with Gasteiger partial charge in [-0.1, -0.05) is 18.2 Å². The molecule has 1 aliphatic heterocycles. The molecule has 1 fully saturated rings. The molecule has 0 bridgehead atoms. The number of rotatable bonds is 5. The van der Waals surface area contributed by atoms with Crippen LogP contribution in [0, 0.1) is 0 Å². The predicted octanol–water partition coefficient (Wildman–Crippen LogP) is 3.58. The fraction of sp³-hybridized carbons (Fsp3) is 0.556. The minimum Gasteiger partial charge on any atom is -0.375 e. The maximum atomic E-state index is 5.79. The Balaban J connectivity index is 1.46. The number of aryl methyl sites for hydroxylation is 1. The first-order chi connectivity index (χ1) is 10.2. The molecule has 1 saturated heterocycles. The maximum Gasteiger partial charge on any atom is 0.0565 e. The zero-order chi connectivity index (χ0) is 14.7. The van der Waals surface area contributed by atoms with Gasteiger partial charge in [-0.15, -0.1) is 0 Å². The van der Waals surface area contributed by atoms with E-state index in [0.29, 0.717) is 18.2 Å². The third kappa shape index (κ3) is 3.66. The quantitative estimate of drug-likeness (QED) is 0.850. The average molecular weight is 286 g/mol. The van der Waals surface area contributed by atoms with Crippen molar-refractivity contribution in [3.05, 3.63) is 36.5 Å². The second-order valence-corrected chi connectivity index (χ2v) is 6.30. The van der Waals surface area contributed by atoms with Crippen molar-refractivity contribution in [1.82, 2.24) is 9.88 Å². The molecule has 1 N–H and O–H groups in total. The standard InChI is InChI=1S/C18H26N2O/c1-14-12-17(13-15(2)21-14)19-9-5-10-20-11-8-16-6-3-4-7-18(16)20/h3-4,6-8,11,14-15,17,19H,5,9-10,12-13H2,1-2H3. The van der Waals surface area contributed by atoms with E-state index in [1.165, 1.54) is 17.3 Å². The van der Waals surface area contributed by atoms with Crippen LogP contribution in [0.4, 0.5) is 0 Å². The summed E-state index contributed by atoms with van der Waals surface area (Å²) in [6.45, 7) is 6.51. The molecule has 21 heavy (non-hydrogen) atoms. The molecule has 0 saturated carbocycles. The summed E-state index contributed by atoms with van der Waals surface area (Å²) in [6.07, 6.45) is 6.41. The topological polar surface area (TPSA) is 26.2 Å². The molecule has 2 aromatic rings. The van der Waals surface area contributed by atoms with Crippen molar-refractivity contribution in [2.75, 3.05) is 6.54 Å². The SMILES string of the molecule is CC1CC(NCCCn2ccc3ccccc32)CC(C)O1. The second-order valence-electron chi connectivity index (χ2n) is 6.30. The van der Waals surface area contributed by atoms with Crippen molar-refractivity contribution >= 4 is 10.9 Å². The van der Waals surface area contributed by atoms with Crippen molar-refractivity contribution < 1.29 is 4.74 Å². The predicted molar refractivity (Wildman–Crippen MR) is 87.6 cm³/mol. The van der Waals surface area contributed by atoms with Crippen molar-refractivity contribution in [3.8, 4) is 0 Å². The number of aromatic nitrogens is 1. The Kier molecular flexibility index (Phi) is 4.61. The third-order valence-electron chi connectivity index (χ3n) is 4.39. The van der Waals surface area contributed by atoms with Crippen LogP contribution in [0.25, 0.3) is 10.9 Å². The largest absolute Gasteiger partial charge is 0.375 e. The number of nitrogens with one attached hydrogen (secondary N) is 1. The van der Waals surface area contributed by atoms with Crippen molar-refractivity contribution in [2.24, 2.45) is 0 Å². The fourth-order valence-electron chi connectivity index (χ4n) is 3.46. The van der Waals surface area contributed by atoms with Gasteiger partial charge in [0.15, 0.2) is 0 Å². The Hall–Kier alpha value is -1.32. The molecule has 0 spiro atoms. The normalized spacial score (nSPS) is 26.3. The lowest BCUT2D eigenvalue weighted by atomic mass is 10.00. The van der Waals surface area contributed by atoms with Crippen LogP contribution in [0.5, 0.6) is 0 Å². The van der Waals surface area contributed by atoms with E-state index in [-0.39, 0.29) is 0 Å². The van der Waals surface area contributed by atoms with Crippen LogP contribution in [-0.4, -0.2) is 29.4 Å². The van der Waals surface area contributed by atoms with E-state index >= 15 is 0 Å². The smallest absolute Gasteiger partial charge is 0.0565 e. The van der Waals surface area contributed by atoms with Gasteiger partial charge in [-0.05, 0) is 57.2 Å². The summed E-state index contributed by atoms with van der Waals surface area (Å²) < 4.78 is 8.14. The molecule has 2 unspecified atom stereocenters. The maximum absolute atomic E-state index is 5.79. The first kappa shape index (κ1) is 14.6. The van der Waals surface area contributed by atoms with Gasteiger partial charge >= 0.3 is 0 Å². The molecule has 2 atom stereocenters. The van der Waals surface area contributed by atoms with E-state index in [1.807, 2.05) is 0 Å². The zero-order valence-electron chi connectivity index (χ0n) is 13.1. The van der Waals surface area contributed by atoms with Gasteiger partial charge in [0.1, 0.15) is 0 Å². The highest BCUT2D eigenvalue weighted by atomic mass is 16.5. The Bertz CT molecular complexity index is 567. The van der Waals surface area contributed by atoms with Crippen LogP contribution in [0.2, 0.25) is 0 Å². The van der Waals surface area contributed by atoms with Crippen molar-refractivity contribution in [1.29, 1.82) is 0 Å². The van der Waals surface area contributed by atoms with Gasteiger partial charge in [0.05, 0.1) is 12.2 Å². The molecule has 0 radical (unpaired) electrons. The third-order valence-corrected chi connectivity index (χ3v) is 4.39. The molecule has 3 nitrogen and oxygen atoms in total. The lowest BCUT2D eigenvalue weighted by Gasteiger charge is -2.32. The highest BCUT2D eigenvalue weighted by Gasteiger charge is 2.23. The number of hydrogen-bond donors (Lipinski definition) is 1. The number of ether oxygens (including phenoxy) is 1. The van der Waals surface area contributed by atoms with E-state index in [2.05, 4.69) is 60.3 Å². The first-order valence-electron chi connectivity index (χ1n) is 8.15. The summed E-state index contributed by atoms with van der Waals surface area (Å²) in [6, 6.07) is 11.4. The zero-order valence-corrected chi connectivity index (χ0v) is 13.1. The molecule has 114 valence electrons. The molecule has 2 heterocycles. The lowest BCUT2D eigenvalue weighted by Crippen LogP contribution is -2.41. The number of nitrogens with zero attached hydrogens (tertiary/aromatic N) is 1. The first-order valence-corrected chi connectivity index (χ1v) is 8.15. The second kappa shape index (κ2) is 6.63. The highest BCUT2D eigenvalue weighted by molar-refractivity contribution is 5.79. The summed E-state index contributed by atoms with van der Waals surface area (Å²) >= 11 is 0. The minimum absolute atomic E-state index is 0.389. The van der Waals surface area contributed by atoms with Crippen LogP contribution in [0.1, 0.15) is 33.1 Å². The summed E-state index contributed by atoms with van der Waals surface area (Å²) in [5.41, 5.74) is 1.34. The van der Waals surface area contributed by atoms with Crippen LogP contribution in [0.3, 0.4) is 0 Å². The van der Waals surface area contributed by atoms with Crippen LogP contribution < -0.4 is 5.32 Å². The van der Waals surface area contributed by atoms with Gasteiger partial charge in [-0.25, -0.2) is 0 Å². The summed E-state index contributed by atoms with van der Waals surface area (Å²) in [5.74, 6) is 0. The molecule has 3 heteroatoms. The molecule has 1 aromatic heterocycles. The minimum atomic E-state index is 0.389. The van der Waals surface area contributed by atoms with Gasteiger partial charge in [0.25, 0.3) is 0 Å². The Morgan fingerprint density at radius 2 is 1.90 bits per heavy atom. The summed E-state index contributed by atoms with van der Waals surface area (Å²) in [4.78, 5) is 0. The van der Waals surface area contributed by atoms with E-state index in [9.17, 15) is 0 Å². The Morgan fingerprint density at radius 3 is 2.71 bits per heavy atom. The Morgan fingerprint density at radius 1 is 1.14 bits per heavy atom. The molecule has 1 aromatic carbocycles. The number of hydrogen-bond acceptors (Lipinski definition) is 2. The summed E-state index contributed by atoms with van der Waals surface area (Å²) in [5, 5.41) is 5.03. The molecule has 3 rings (SSSR count). The van der Waals surface area contributed by atoms with Gasteiger partial charge in [-0.2, -0.15) is 0 Å². The molecule has 1 aliphatic rings. The van der Waals surface area contributed by atoms with Crippen LogP contribution in [0.15, 0.2) is 36.5 Å². The number of fused-ring (bicyclic) bond motifs is 1. The molecule has 0 amide bonds. The lowest BCUT2D eigenvalue weighted by molar-refractivity contribution is -0.0420. The van der Waals surface area contributed by atoms with E-state index in [1.54, 1.807) is 0 Å². The monoisotopic (exact) mass is 286 g/mol. The molecular weight excluding hydrogens is 260 g/mol. The van der Waals surface area contributed by atoms with Crippen LogP contribution in [-0.2, 0) is 11.3 Å². The van der Waals surface area contributed by atoms with Gasteiger partial charge in [0, 0.05) is 24.3 Å². The van der Waals surface area contributed by atoms with Gasteiger partial charge < -0.3 is 14.6 Å². The van der Waals surface area contributed by atoms with E-state index in [4.69, 9.17) is 4.74 Å². The molecular formula is C18H26N2O. The van der Waals surface area contributed by atoms with Gasteiger partial charge in [0.2, 0.25) is 0 Å². The fourth-order valence-corrected chi connectivity index (χ4v) is 3.46. The van der Waals surface area contributed by atoms with Crippen molar-refractivity contribution in [3.63, 3.8) is 0 Å². The molecule has 0 aliphatic carbocycles. The summed E-state index contributed by atoms with van der Waals surface area (Å²) in [7, 11) is 0. The van der Waals surface area contributed by atoms with E-state index in [0.717, 1.165) is 25.9 Å².